The Hall–Kier alpha value is -2.64. The monoisotopic (exact) mass is 513 g/mol. The molecule has 0 unspecified atom stereocenters. The highest BCUT2D eigenvalue weighted by Crippen LogP contribution is 2.38. The number of para-hydroxylation sites is 1. The van der Waals surface area contributed by atoms with Gasteiger partial charge in [-0.05, 0) is 75.7 Å². The van der Waals surface area contributed by atoms with Crippen LogP contribution in [0.5, 0.6) is 0 Å². The number of halogens is 2. The number of nitrogens with one attached hydrogen (secondary N) is 1. The van der Waals surface area contributed by atoms with Gasteiger partial charge in [-0.3, -0.25) is 4.79 Å². The van der Waals surface area contributed by atoms with Gasteiger partial charge >= 0.3 is 0 Å². The molecule has 2 aromatic carbocycles. The highest BCUT2D eigenvalue weighted by Gasteiger charge is 2.24. The molecular formula is C26H25Cl2N3O2S. The van der Waals surface area contributed by atoms with E-state index in [4.69, 9.17) is 23.2 Å². The Morgan fingerprint density at radius 2 is 1.74 bits per heavy atom. The lowest BCUT2D eigenvalue weighted by molar-refractivity contribution is 0.0734. The first kappa shape index (κ1) is 24.5. The summed E-state index contributed by atoms with van der Waals surface area (Å²) in [6, 6.07) is 18.8. The van der Waals surface area contributed by atoms with E-state index in [2.05, 4.69) is 10.4 Å². The Bertz CT molecular complexity index is 1350. The summed E-state index contributed by atoms with van der Waals surface area (Å²) in [6.45, 7) is 7.22. The minimum atomic E-state index is -1.11. The summed E-state index contributed by atoms with van der Waals surface area (Å²) in [5.41, 5.74) is 2.34. The molecule has 0 atom stereocenters. The number of thiophene rings is 1. The lowest BCUT2D eigenvalue weighted by atomic mass is 10.1. The van der Waals surface area contributed by atoms with Crippen molar-refractivity contribution in [1.29, 1.82) is 0 Å². The lowest BCUT2D eigenvalue weighted by Gasteiger charge is -2.13. The van der Waals surface area contributed by atoms with Crippen molar-refractivity contribution in [2.24, 2.45) is 0 Å². The Labute approximate surface area is 213 Å². The smallest absolute Gasteiger partial charge is 0.252 e. The van der Waals surface area contributed by atoms with Crippen LogP contribution in [0, 0.1) is 0 Å². The predicted octanol–water partition coefficient (Wildman–Crippen LogP) is 6.94. The quantitative estimate of drug-likeness (QED) is 0.293. The molecule has 34 heavy (non-hydrogen) atoms. The van der Waals surface area contributed by atoms with Crippen LogP contribution >= 0.6 is 34.5 Å². The maximum Gasteiger partial charge on any atom is 0.252 e. The lowest BCUT2D eigenvalue weighted by Crippen LogP contribution is -2.30. The zero-order valence-electron chi connectivity index (χ0n) is 19.3. The normalized spacial score (nSPS) is 11.8. The van der Waals surface area contributed by atoms with E-state index >= 15 is 0 Å². The van der Waals surface area contributed by atoms with Crippen LogP contribution in [-0.2, 0) is 5.60 Å². The average Bonchev–Trinajstić information content (AvgIpc) is 3.40. The first-order valence-electron chi connectivity index (χ1n) is 10.8. The Kier molecular flexibility index (Phi) is 6.87. The van der Waals surface area contributed by atoms with Crippen LogP contribution in [-0.4, -0.2) is 26.8 Å². The molecule has 0 aliphatic rings. The van der Waals surface area contributed by atoms with Crippen molar-refractivity contribution in [2.45, 2.75) is 39.3 Å². The Morgan fingerprint density at radius 3 is 2.38 bits per heavy atom. The van der Waals surface area contributed by atoms with Gasteiger partial charge in [0.2, 0.25) is 0 Å². The minimum absolute atomic E-state index is 0.0276. The third-order valence-corrected chi connectivity index (χ3v) is 6.98. The van der Waals surface area contributed by atoms with E-state index < -0.39 is 5.60 Å². The summed E-state index contributed by atoms with van der Waals surface area (Å²) in [7, 11) is 0. The zero-order valence-corrected chi connectivity index (χ0v) is 21.6. The molecule has 0 fully saturated rings. The number of aliphatic hydroxyl groups is 1. The van der Waals surface area contributed by atoms with Gasteiger partial charge in [-0.25, -0.2) is 4.68 Å². The molecule has 2 aromatic heterocycles. The van der Waals surface area contributed by atoms with E-state index in [0.717, 1.165) is 26.7 Å². The van der Waals surface area contributed by atoms with Crippen LogP contribution in [0.25, 0.3) is 26.7 Å². The number of carbonyl (C=O) groups is 1. The van der Waals surface area contributed by atoms with Gasteiger partial charge in [0.05, 0.1) is 37.6 Å². The molecule has 4 rings (SSSR count). The van der Waals surface area contributed by atoms with Gasteiger partial charge < -0.3 is 10.4 Å². The van der Waals surface area contributed by atoms with Crippen LogP contribution in [0.2, 0.25) is 10.0 Å². The van der Waals surface area contributed by atoms with E-state index in [1.165, 1.54) is 0 Å². The summed E-state index contributed by atoms with van der Waals surface area (Å²) >= 11 is 14.5. The second kappa shape index (κ2) is 9.55. The van der Waals surface area contributed by atoms with Gasteiger partial charge in [-0.2, -0.15) is 5.10 Å². The third kappa shape index (κ3) is 5.05. The van der Waals surface area contributed by atoms with Crippen LogP contribution in [0.3, 0.4) is 0 Å². The molecule has 176 valence electrons. The standard InChI is InChI=1S/C26H25Cl2N3O2S/c1-15(2)29-25(32)17-10-9-16(13-19(17)28)22-11-12-23(34-22)21-14-24(26(3,4)33)30-31(21)20-8-6-5-7-18(20)27/h5-15,33H,1-4H3,(H,29,32). The molecule has 0 saturated heterocycles. The molecule has 1 amide bonds. The topological polar surface area (TPSA) is 67.2 Å². The van der Waals surface area contributed by atoms with Gasteiger partial charge in [0.25, 0.3) is 5.91 Å². The van der Waals surface area contributed by atoms with Crippen LogP contribution in [0.15, 0.2) is 60.7 Å². The summed E-state index contributed by atoms with van der Waals surface area (Å²) in [4.78, 5) is 14.3. The van der Waals surface area contributed by atoms with Crippen molar-refractivity contribution in [3.05, 3.63) is 82.0 Å². The van der Waals surface area contributed by atoms with Gasteiger partial charge in [-0.15, -0.1) is 11.3 Å². The van der Waals surface area contributed by atoms with Gasteiger partial charge in [0.1, 0.15) is 5.60 Å². The van der Waals surface area contributed by atoms with E-state index in [1.54, 1.807) is 42.0 Å². The van der Waals surface area contributed by atoms with Crippen molar-refractivity contribution in [3.63, 3.8) is 0 Å². The van der Waals surface area contributed by atoms with Crippen LogP contribution < -0.4 is 5.32 Å². The first-order valence-corrected chi connectivity index (χ1v) is 12.4. The maximum atomic E-state index is 12.4. The number of aromatic nitrogens is 2. The van der Waals surface area contributed by atoms with Crippen molar-refractivity contribution < 1.29 is 9.90 Å². The molecule has 8 heteroatoms. The number of benzene rings is 2. The van der Waals surface area contributed by atoms with Crippen molar-refractivity contribution in [1.82, 2.24) is 15.1 Å². The molecule has 2 heterocycles. The second-order valence-corrected chi connectivity index (χ2v) is 10.7. The molecule has 0 radical (unpaired) electrons. The molecule has 0 bridgehead atoms. The molecule has 0 saturated carbocycles. The second-order valence-electron chi connectivity index (χ2n) is 8.82. The number of amides is 1. The summed E-state index contributed by atoms with van der Waals surface area (Å²) in [5, 5.41) is 19.1. The van der Waals surface area contributed by atoms with Crippen LogP contribution in [0.4, 0.5) is 0 Å². The average molecular weight is 514 g/mol. The van der Waals surface area contributed by atoms with Crippen LogP contribution in [0.1, 0.15) is 43.7 Å². The Balaban J connectivity index is 1.74. The third-order valence-electron chi connectivity index (χ3n) is 5.19. The molecule has 0 aliphatic heterocycles. The number of rotatable bonds is 6. The van der Waals surface area contributed by atoms with Crippen molar-refractivity contribution >= 4 is 40.4 Å². The number of carbonyl (C=O) groups excluding carboxylic acids is 1. The predicted molar refractivity (Wildman–Crippen MR) is 140 cm³/mol. The van der Waals surface area contributed by atoms with E-state index in [9.17, 15) is 9.90 Å². The molecule has 0 aliphatic carbocycles. The SMILES string of the molecule is CC(C)NC(=O)c1ccc(-c2ccc(-c3cc(C(C)(C)O)nn3-c3ccccc3Cl)s2)cc1Cl. The highest BCUT2D eigenvalue weighted by molar-refractivity contribution is 7.18. The molecule has 4 aromatic rings. The highest BCUT2D eigenvalue weighted by atomic mass is 35.5. The molecule has 2 N–H and O–H groups in total. The number of hydrogen-bond acceptors (Lipinski definition) is 4. The summed E-state index contributed by atoms with van der Waals surface area (Å²) in [6.07, 6.45) is 0. The fourth-order valence-corrected chi connectivity index (χ4v) is 4.97. The summed E-state index contributed by atoms with van der Waals surface area (Å²) < 4.78 is 1.76. The van der Waals surface area contributed by atoms with E-state index in [-0.39, 0.29) is 11.9 Å². The van der Waals surface area contributed by atoms with E-state index in [0.29, 0.717) is 21.3 Å². The molecule has 0 spiro atoms. The zero-order chi connectivity index (χ0) is 24.6. The van der Waals surface area contributed by atoms with E-state index in [1.807, 2.05) is 62.4 Å². The van der Waals surface area contributed by atoms with Gasteiger partial charge in [0.15, 0.2) is 0 Å². The Morgan fingerprint density at radius 1 is 1.03 bits per heavy atom. The van der Waals surface area contributed by atoms with Crippen molar-refractivity contribution in [2.75, 3.05) is 0 Å². The fourth-order valence-electron chi connectivity index (χ4n) is 3.49. The summed E-state index contributed by atoms with van der Waals surface area (Å²) in [5.74, 6) is -0.193. The van der Waals surface area contributed by atoms with Crippen molar-refractivity contribution in [3.8, 4) is 26.7 Å². The maximum absolute atomic E-state index is 12.4. The minimum Gasteiger partial charge on any atom is -0.384 e. The number of hydrogen-bond donors (Lipinski definition) is 2. The van der Waals surface area contributed by atoms with Gasteiger partial charge in [-0.1, -0.05) is 41.4 Å². The first-order chi connectivity index (χ1) is 16.0. The van der Waals surface area contributed by atoms with Gasteiger partial charge in [0, 0.05) is 10.9 Å². The number of nitrogens with zero attached hydrogens (tertiary/aromatic N) is 2. The fraction of sp³-hybridized carbons (Fsp3) is 0.231. The molecule has 5 nitrogen and oxygen atoms in total. The largest absolute Gasteiger partial charge is 0.384 e. The molecular weight excluding hydrogens is 489 g/mol.